The van der Waals surface area contributed by atoms with Crippen LogP contribution in [0.3, 0.4) is 0 Å². The number of H-pyrrole nitrogens is 1. The van der Waals surface area contributed by atoms with E-state index in [-0.39, 0.29) is 16.9 Å². The van der Waals surface area contributed by atoms with E-state index < -0.39 is 15.6 Å². The predicted octanol–water partition coefficient (Wildman–Crippen LogP) is 2.27. The fourth-order valence-corrected chi connectivity index (χ4v) is 4.32. The molecule has 3 rings (SSSR count). The van der Waals surface area contributed by atoms with Crippen LogP contribution < -0.4 is 10.3 Å². The molecule has 2 aromatic rings. The van der Waals surface area contributed by atoms with Crippen molar-refractivity contribution in [1.82, 2.24) is 9.71 Å². The smallest absolute Gasteiger partial charge is 0.248 e. The first-order valence-corrected chi connectivity index (χ1v) is 9.42. The molecule has 1 aliphatic rings. The minimum atomic E-state index is -3.88. The molecule has 1 unspecified atom stereocenters. The number of nitriles is 1. The van der Waals surface area contributed by atoms with Gasteiger partial charge in [0.2, 0.25) is 15.6 Å². The van der Waals surface area contributed by atoms with Crippen LogP contribution in [-0.4, -0.2) is 13.4 Å². The Balaban J connectivity index is 2.14. The largest absolute Gasteiger partial charge is 0.324 e. The van der Waals surface area contributed by atoms with E-state index in [9.17, 15) is 18.5 Å². The first kappa shape index (κ1) is 17.9. The van der Waals surface area contributed by atoms with Crippen LogP contribution in [0.5, 0.6) is 0 Å². The highest BCUT2D eigenvalue weighted by molar-refractivity contribution is 7.89. The van der Waals surface area contributed by atoms with E-state index in [1.54, 1.807) is 49.4 Å². The fourth-order valence-electron chi connectivity index (χ4n) is 2.95. The summed E-state index contributed by atoms with van der Waals surface area (Å²) in [5.74, 6) is 0. The Bertz CT molecular complexity index is 1090. The first-order valence-electron chi connectivity index (χ1n) is 7.94. The molecular weight excluding hydrogens is 350 g/mol. The molecule has 0 bridgehead atoms. The zero-order valence-electron chi connectivity index (χ0n) is 14.1. The van der Waals surface area contributed by atoms with Gasteiger partial charge in [0.25, 0.3) is 0 Å². The maximum absolute atomic E-state index is 12.9. The van der Waals surface area contributed by atoms with Crippen LogP contribution in [0.15, 0.2) is 76.0 Å². The van der Waals surface area contributed by atoms with E-state index in [0.29, 0.717) is 16.8 Å². The summed E-state index contributed by atoms with van der Waals surface area (Å²) in [5.41, 5.74) is -0.0902. The maximum Gasteiger partial charge on any atom is 0.248 e. The maximum atomic E-state index is 12.9. The van der Waals surface area contributed by atoms with Gasteiger partial charge in [-0.15, -0.1) is 0 Å². The Labute approximate surface area is 151 Å². The number of aromatic nitrogens is 1. The van der Waals surface area contributed by atoms with Gasteiger partial charge in [0.05, 0.1) is 16.5 Å². The Kier molecular flexibility index (Phi) is 4.64. The number of nitrogens with zero attached hydrogens (tertiary/aromatic N) is 1. The lowest BCUT2D eigenvalue weighted by atomic mass is 9.84. The number of hydrogen-bond acceptors (Lipinski definition) is 4. The van der Waals surface area contributed by atoms with Crippen LogP contribution in [0.2, 0.25) is 0 Å². The molecule has 2 N–H and O–H groups in total. The van der Waals surface area contributed by atoms with Gasteiger partial charge in [-0.3, -0.25) is 4.79 Å². The highest BCUT2D eigenvalue weighted by Crippen LogP contribution is 2.33. The van der Waals surface area contributed by atoms with Crippen LogP contribution in [0, 0.1) is 18.3 Å². The van der Waals surface area contributed by atoms with E-state index in [4.69, 9.17) is 0 Å². The minimum absolute atomic E-state index is 0.103. The lowest BCUT2D eigenvalue weighted by Crippen LogP contribution is -2.46. The molecule has 0 spiro atoms. The number of allylic oxidation sites excluding steroid dienone is 2. The van der Waals surface area contributed by atoms with Crippen LogP contribution in [0.4, 0.5) is 0 Å². The number of aromatic amines is 1. The summed E-state index contributed by atoms with van der Waals surface area (Å²) < 4.78 is 28.5. The molecule has 1 atom stereocenters. The summed E-state index contributed by atoms with van der Waals surface area (Å²) in [4.78, 5) is 14.8. The van der Waals surface area contributed by atoms with E-state index in [1.165, 1.54) is 18.2 Å². The van der Waals surface area contributed by atoms with Crippen molar-refractivity contribution in [2.45, 2.75) is 23.8 Å². The van der Waals surface area contributed by atoms with Gasteiger partial charge in [-0.25, -0.2) is 8.42 Å². The molecule has 1 aromatic carbocycles. The SMILES string of the molecule is Cc1cc(C2(NS(=O)(=O)c3ccccc3)C=CC=C(C#N)C2)[nH]c(=O)c1. The van der Waals surface area contributed by atoms with E-state index in [1.807, 2.05) is 0 Å². The van der Waals surface area contributed by atoms with Crippen molar-refractivity contribution in [1.29, 1.82) is 5.26 Å². The van der Waals surface area contributed by atoms with Gasteiger partial charge in [0.1, 0.15) is 0 Å². The van der Waals surface area contributed by atoms with Crippen molar-refractivity contribution in [2.24, 2.45) is 0 Å². The molecule has 0 aliphatic heterocycles. The van der Waals surface area contributed by atoms with E-state index in [2.05, 4.69) is 15.8 Å². The van der Waals surface area contributed by atoms with Crippen molar-refractivity contribution >= 4 is 10.0 Å². The standard InChI is InChI=1S/C19H17N3O3S/c1-14-10-17(21-18(23)11-14)19(9-5-6-15(12-19)13-20)22-26(24,25)16-7-3-2-4-8-16/h2-11,22H,12H2,1H3,(H,21,23). The molecule has 0 amide bonds. The highest BCUT2D eigenvalue weighted by Gasteiger charge is 2.38. The van der Waals surface area contributed by atoms with Gasteiger partial charge in [0.15, 0.2) is 0 Å². The van der Waals surface area contributed by atoms with Gasteiger partial charge in [-0.1, -0.05) is 30.4 Å². The molecule has 1 aliphatic carbocycles. The molecule has 1 heterocycles. The second-order valence-electron chi connectivity index (χ2n) is 6.17. The Morgan fingerprint density at radius 2 is 1.96 bits per heavy atom. The average molecular weight is 367 g/mol. The summed E-state index contributed by atoms with van der Waals surface area (Å²) >= 11 is 0. The zero-order chi connectivity index (χ0) is 18.8. The number of benzene rings is 1. The lowest BCUT2D eigenvalue weighted by Gasteiger charge is -2.33. The Hall–Kier alpha value is -2.95. The summed E-state index contributed by atoms with van der Waals surface area (Å²) in [7, 11) is -3.88. The van der Waals surface area contributed by atoms with Crippen LogP contribution in [0.25, 0.3) is 0 Å². The predicted molar refractivity (Wildman–Crippen MR) is 97.7 cm³/mol. The van der Waals surface area contributed by atoms with Gasteiger partial charge in [-0.2, -0.15) is 9.98 Å². The summed E-state index contributed by atoms with van der Waals surface area (Å²) in [6.45, 7) is 1.76. The van der Waals surface area contributed by atoms with Crippen molar-refractivity contribution in [3.63, 3.8) is 0 Å². The second kappa shape index (κ2) is 6.75. The molecule has 6 nitrogen and oxygen atoms in total. The third-order valence-electron chi connectivity index (χ3n) is 4.13. The molecule has 0 saturated carbocycles. The molecule has 0 saturated heterocycles. The second-order valence-corrected chi connectivity index (χ2v) is 7.85. The highest BCUT2D eigenvalue weighted by atomic mass is 32.2. The van der Waals surface area contributed by atoms with Crippen LogP contribution in [-0.2, 0) is 15.6 Å². The minimum Gasteiger partial charge on any atom is -0.324 e. The summed E-state index contributed by atoms with van der Waals surface area (Å²) in [6.07, 6.45) is 5.00. The molecule has 0 fully saturated rings. The van der Waals surface area contributed by atoms with Crippen molar-refractivity contribution in [3.8, 4) is 6.07 Å². The number of sulfonamides is 1. The lowest BCUT2D eigenvalue weighted by molar-refractivity contribution is 0.463. The monoisotopic (exact) mass is 367 g/mol. The Morgan fingerprint density at radius 3 is 2.62 bits per heavy atom. The summed E-state index contributed by atoms with van der Waals surface area (Å²) in [6, 6.07) is 13.2. The zero-order valence-corrected chi connectivity index (χ0v) is 14.9. The molecule has 7 heteroatoms. The quantitative estimate of drug-likeness (QED) is 0.865. The Morgan fingerprint density at radius 1 is 1.23 bits per heavy atom. The van der Waals surface area contributed by atoms with Gasteiger partial charge in [-0.05, 0) is 36.8 Å². The van der Waals surface area contributed by atoms with Crippen LogP contribution >= 0.6 is 0 Å². The van der Waals surface area contributed by atoms with Crippen molar-refractivity contribution < 1.29 is 8.42 Å². The third kappa shape index (κ3) is 3.52. The van der Waals surface area contributed by atoms with Gasteiger partial charge >= 0.3 is 0 Å². The molecule has 132 valence electrons. The number of nitrogens with one attached hydrogen (secondary N) is 2. The molecular formula is C19H17N3O3S. The average Bonchev–Trinajstić information content (AvgIpc) is 2.61. The number of hydrogen-bond donors (Lipinski definition) is 2. The van der Waals surface area contributed by atoms with Gasteiger partial charge < -0.3 is 4.98 Å². The number of pyridine rings is 1. The molecule has 26 heavy (non-hydrogen) atoms. The molecule has 0 radical (unpaired) electrons. The van der Waals surface area contributed by atoms with Gasteiger partial charge in [0, 0.05) is 23.8 Å². The van der Waals surface area contributed by atoms with Crippen molar-refractivity contribution in [2.75, 3.05) is 0 Å². The number of aryl methyl sites for hydroxylation is 1. The van der Waals surface area contributed by atoms with Crippen molar-refractivity contribution in [3.05, 3.63) is 87.9 Å². The third-order valence-corrected chi connectivity index (χ3v) is 5.66. The normalized spacial score (nSPS) is 19.6. The number of rotatable bonds is 4. The van der Waals surface area contributed by atoms with E-state index in [0.717, 1.165) is 0 Å². The summed E-state index contributed by atoms with van der Waals surface area (Å²) in [5, 5.41) is 9.29. The molecule has 1 aromatic heterocycles. The first-order chi connectivity index (χ1) is 12.3. The fraction of sp³-hybridized carbons (Fsp3) is 0.158. The topological polar surface area (TPSA) is 103 Å². The van der Waals surface area contributed by atoms with Crippen LogP contribution in [0.1, 0.15) is 17.7 Å². The van der Waals surface area contributed by atoms with E-state index >= 15 is 0 Å².